The fraction of sp³-hybridized carbons (Fsp3) is 0.0769. The largest absolute Gasteiger partial charge is 0.576 e. The summed E-state index contributed by atoms with van der Waals surface area (Å²) in [6.07, 6.45) is 0. The minimum atomic E-state index is 0.0391. The highest BCUT2D eigenvalue weighted by molar-refractivity contribution is 6.21. The van der Waals surface area contributed by atoms with Crippen LogP contribution in [0, 0.1) is 0 Å². The summed E-state index contributed by atoms with van der Waals surface area (Å²) in [4.78, 5) is 0. The molecule has 0 unspecified atom stereocenters. The molecule has 5 heteroatoms. The van der Waals surface area contributed by atoms with E-state index in [-0.39, 0.29) is 7.69 Å². The van der Waals surface area contributed by atoms with Gasteiger partial charge in [0.1, 0.15) is 24.7 Å². The van der Waals surface area contributed by atoms with Gasteiger partial charge in [-0.05, 0) is 35.4 Å². The van der Waals surface area contributed by atoms with Crippen LogP contribution in [0.15, 0.2) is 109 Å². The Morgan fingerprint density at radius 3 is 1.19 bits per heavy atom. The number of hydrogen-bond donors (Lipinski definition) is 0. The van der Waals surface area contributed by atoms with E-state index in [0.717, 1.165) is 11.1 Å². The van der Waals surface area contributed by atoms with Crippen molar-refractivity contribution >= 4 is 7.69 Å². The lowest BCUT2D eigenvalue weighted by Crippen LogP contribution is -2.12. The Kier molecular flexibility index (Phi) is 7.11. The van der Waals surface area contributed by atoms with Crippen LogP contribution in [0.1, 0.15) is 11.1 Å². The molecule has 4 aromatic carbocycles. The van der Waals surface area contributed by atoms with Gasteiger partial charge in [0.2, 0.25) is 0 Å². The van der Waals surface area contributed by atoms with Gasteiger partial charge in [-0.3, -0.25) is 0 Å². The SMILES string of the molecule is B(Oc1ccccc1OCc1ccccc1)Oc1ccccc1OCc1ccccc1. The molecule has 4 rings (SSSR count). The highest BCUT2D eigenvalue weighted by Crippen LogP contribution is 2.29. The molecule has 0 N–H and O–H groups in total. The highest BCUT2D eigenvalue weighted by atomic mass is 16.6. The highest BCUT2D eigenvalue weighted by Gasteiger charge is 2.09. The van der Waals surface area contributed by atoms with E-state index in [0.29, 0.717) is 36.2 Å². The maximum atomic E-state index is 5.93. The third-order valence-corrected chi connectivity index (χ3v) is 4.60. The van der Waals surface area contributed by atoms with E-state index in [1.165, 1.54) is 0 Å². The predicted octanol–water partition coefficient (Wildman–Crippen LogP) is 5.57. The maximum Gasteiger partial charge on any atom is 0.576 e. The van der Waals surface area contributed by atoms with Gasteiger partial charge in [-0.15, -0.1) is 0 Å². The summed E-state index contributed by atoms with van der Waals surface area (Å²) in [7, 11) is 0.0391. The quantitative estimate of drug-likeness (QED) is 0.321. The van der Waals surface area contributed by atoms with Crippen LogP contribution in [0.2, 0.25) is 0 Å². The molecule has 0 aliphatic rings. The summed E-state index contributed by atoms with van der Waals surface area (Å²) >= 11 is 0. The summed E-state index contributed by atoms with van der Waals surface area (Å²) in [5.41, 5.74) is 2.19. The molecule has 0 saturated heterocycles. The molecule has 0 saturated carbocycles. The van der Waals surface area contributed by atoms with E-state index in [1.54, 1.807) is 0 Å². The van der Waals surface area contributed by atoms with Crippen molar-refractivity contribution < 1.29 is 18.8 Å². The molecule has 0 aromatic heterocycles. The molecule has 0 radical (unpaired) electrons. The first kappa shape index (κ1) is 20.4. The number of para-hydroxylation sites is 4. The van der Waals surface area contributed by atoms with Crippen molar-refractivity contribution in [3.8, 4) is 23.0 Å². The molecule has 0 heterocycles. The molecule has 0 amide bonds. The molecule has 0 bridgehead atoms. The Labute approximate surface area is 183 Å². The van der Waals surface area contributed by atoms with Gasteiger partial charge >= 0.3 is 7.69 Å². The summed E-state index contributed by atoms with van der Waals surface area (Å²) in [5, 5.41) is 0. The predicted molar refractivity (Wildman–Crippen MR) is 123 cm³/mol. The van der Waals surface area contributed by atoms with E-state index < -0.39 is 0 Å². The Bertz CT molecular complexity index is 984. The van der Waals surface area contributed by atoms with Crippen molar-refractivity contribution in [2.45, 2.75) is 13.2 Å². The van der Waals surface area contributed by atoms with Crippen LogP contribution in [0.4, 0.5) is 0 Å². The van der Waals surface area contributed by atoms with Gasteiger partial charge in [0.25, 0.3) is 0 Å². The molecule has 0 spiro atoms. The van der Waals surface area contributed by atoms with Crippen LogP contribution in [0.3, 0.4) is 0 Å². The summed E-state index contributed by atoms with van der Waals surface area (Å²) < 4.78 is 23.6. The number of ether oxygens (including phenoxy) is 2. The van der Waals surface area contributed by atoms with Crippen molar-refractivity contribution in [3.63, 3.8) is 0 Å². The van der Waals surface area contributed by atoms with Crippen molar-refractivity contribution in [2.24, 2.45) is 0 Å². The molecule has 0 fully saturated rings. The second kappa shape index (κ2) is 10.8. The van der Waals surface area contributed by atoms with Crippen LogP contribution in [0.25, 0.3) is 0 Å². The van der Waals surface area contributed by atoms with Gasteiger partial charge in [-0.1, -0.05) is 84.9 Å². The number of hydrogen-bond acceptors (Lipinski definition) is 4. The lowest BCUT2D eigenvalue weighted by atomic mass is 10.2. The monoisotopic (exact) mass is 410 g/mol. The molecule has 0 aliphatic heterocycles. The third kappa shape index (κ3) is 6.06. The van der Waals surface area contributed by atoms with Crippen molar-refractivity contribution in [2.75, 3.05) is 0 Å². The Morgan fingerprint density at radius 2 is 0.774 bits per heavy atom. The Hall–Kier alpha value is -3.86. The van der Waals surface area contributed by atoms with E-state index in [4.69, 9.17) is 18.8 Å². The molecule has 4 aromatic rings. The second-order valence-electron chi connectivity index (χ2n) is 6.85. The van der Waals surface area contributed by atoms with Crippen LogP contribution in [-0.2, 0) is 13.2 Å². The zero-order valence-electron chi connectivity index (χ0n) is 17.1. The van der Waals surface area contributed by atoms with Gasteiger partial charge < -0.3 is 18.8 Å². The first-order valence-electron chi connectivity index (χ1n) is 10.2. The van der Waals surface area contributed by atoms with E-state index in [1.807, 2.05) is 109 Å². The summed E-state index contributed by atoms with van der Waals surface area (Å²) in [5.74, 6) is 2.59. The second-order valence-corrected chi connectivity index (χ2v) is 6.85. The zero-order chi connectivity index (χ0) is 21.1. The van der Waals surface area contributed by atoms with Crippen LogP contribution in [0.5, 0.6) is 23.0 Å². The third-order valence-electron chi connectivity index (χ3n) is 4.60. The lowest BCUT2D eigenvalue weighted by molar-refractivity contribution is 0.288. The van der Waals surface area contributed by atoms with Crippen LogP contribution in [-0.4, -0.2) is 7.69 Å². The molecular weight excluding hydrogens is 387 g/mol. The number of rotatable bonds is 10. The average molecular weight is 410 g/mol. The molecule has 0 atom stereocenters. The van der Waals surface area contributed by atoms with Gasteiger partial charge in [-0.25, -0.2) is 0 Å². The van der Waals surface area contributed by atoms with Gasteiger partial charge in [0, 0.05) is 0 Å². The minimum absolute atomic E-state index is 0.0391. The molecule has 31 heavy (non-hydrogen) atoms. The molecular formula is C26H23BO4. The minimum Gasteiger partial charge on any atom is -0.526 e. The molecule has 0 aliphatic carbocycles. The fourth-order valence-corrected chi connectivity index (χ4v) is 3.00. The van der Waals surface area contributed by atoms with Crippen molar-refractivity contribution in [3.05, 3.63) is 120 Å². The van der Waals surface area contributed by atoms with Crippen molar-refractivity contribution in [1.29, 1.82) is 0 Å². The van der Waals surface area contributed by atoms with Crippen LogP contribution >= 0.6 is 0 Å². The topological polar surface area (TPSA) is 36.9 Å². The fourth-order valence-electron chi connectivity index (χ4n) is 3.00. The Morgan fingerprint density at radius 1 is 0.419 bits per heavy atom. The smallest absolute Gasteiger partial charge is 0.526 e. The summed E-state index contributed by atoms with van der Waals surface area (Å²) in [6, 6.07) is 35.2. The van der Waals surface area contributed by atoms with Gasteiger partial charge in [-0.2, -0.15) is 0 Å². The summed E-state index contributed by atoms with van der Waals surface area (Å²) in [6.45, 7) is 0.941. The molecule has 154 valence electrons. The first-order chi connectivity index (χ1) is 15.4. The van der Waals surface area contributed by atoms with E-state index >= 15 is 0 Å². The van der Waals surface area contributed by atoms with Crippen LogP contribution < -0.4 is 18.8 Å². The average Bonchev–Trinajstić information content (AvgIpc) is 2.84. The van der Waals surface area contributed by atoms with E-state index in [2.05, 4.69) is 0 Å². The molecule has 4 nitrogen and oxygen atoms in total. The number of benzene rings is 4. The maximum absolute atomic E-state index is 5.93. The Balaban J connectivity index is 1.33. The van der Waals surface area contributed by atoms with E-state index in [9.17, 15) is 0 Å². The lowest BCUT2D eigenvalue weighted by Gasteiger charge is -2.15. The standard InChI is InChI=1S/C26H23BO4/c1-3-11-21(12-4-1)19-28-23-15-7-9-17-25(23)30-27-31-26-18-10-8-16-24(26)29-20-22-13-5-2-6-14-22/h1-18,27H,19-20H2. The van der Waals surface area contributed by atoms with Gasteiger partial charge in [0.15, 0.2) is 11.5 Å². The zero-order valence-corrected chi connectivity index (χ0v) is 17.1. The normalized spacial score (nSPS) is 10.2. The first-order valence-corrected chi connectivity index (χ1v) is 10.2. The van der Waals surface area contributed by atoms with Crippen molar-refractivity contribution in [1.82, 2.24) is 0 Å². The van der Waals surface area contributed by atoms with Gasteiger partial charge in [0.05, 0.1) is 0 Å².